The van der Waals surface area contributed by atoms with Crippen LogP contribution in [0.25, 0.3) is 0 Å². The Morgan fingerprint density at radius 2 is 1.59 bits per heavy atom. The molecule has 0 radical (unpaired) electrons. The van der Waals surface area contributed by atoms with Gasteiger partial charge in [-0.05, 0) is 60.9 Å². The molecule has 0 aromatic heterocycles. The maximum atomic E-state index is 13.2. The molecule has 4 rings (SSSR count). The van der Waals surface area contributed by atoms with E-state index in [9.17, 15) is 28.4 Å². The van der Waals surface area contributed by atoms with Gasteiger partial charge in [0.15, 0.2) is 0 Å². The second kappa shape index (κ2) is 10.2. The molecule has 0 aliphatic carbocycles. The van der Waals surface area contributed by atoms with E-state index < -0.39 is 27.3 Å². The zero-order chi connectivity index (χ0) is 26.6. The van der Waals surface area contributed by atoms with E-state index in [1.54, 1.807) is 0 Å². The number of anilines is 1. The van der Waals surface area contributed by atoms with Gasteiger partial charge in [-0.25, -0.2) is 13.2 Å². The van der Waals surface area contributed by atoms with Crippen LogP contribution in [0, 0.1) is 22.7 Å². The fourth-order valence-corrected chi connectivity index (χ4v) is 5.79. The SMILES string of the molecule is N#Cc1ccc(NC(=O)c2ccc(S(=O)(=O)N3CCC(C#N)(c4ccccc4)CC3)cc2)c(C(=O)O)c1. The molecule has 1 aliphatic rings. The van der Waals surface area contributed by atoms with Crippen molar-refractivity contribution < 1.29 is 23.1 Å². The summed E-state index contributed by atoms with van der Waals surface area (Å²) in [4.78, 5) is 24.2. The zero-order valence-electron chi connectivity index (χ0n) is 19.6. The average molecular weight is 515 g/mol. The molecule has 37 heavy (non-hydrogen) atoms. The van der Waals surface area contributed by atoms with Gasteiger partial charge in [0, 0.05) is 18.7 Å². The highest BCUT2D eigenvalue weighted by Gasteiger charge is 2.40. The lowest BCUT2D eigenvalue weighted by Gasteiger charge is -2.36. The van der Waals surface area contributed by atoms with Crippen LogP contribution in [-0.2, 0) is 15.4 Å². The van der Waals surface area contributed by atoms with E-state index in [2.05, 4.69) is 11.4 Å². The Kier molecular flexibility index (Phi) is 7.07. The highest BCUT2D eigenvalue weighted by molar-refractivity contribution is 7.89. The van der Waals surface area contributed by atoms with Crippen LogP contribution in [0.2, 0.25) is 0 Å². The van der Waals surface area contributed by atoms with E-state index in [0.29, 0.717) is 12.8 Å². The molecule has 0 bridgehead atoms. The molecule has 3 aromatic rings. The number of aromatic carboxylic acids is 1. The monoisotopic (exact) mass is 514 g/mol. The van der Waals surface area contributed by atoms with Crippen molar-refractivity contribution in [2.75, 3.05) is 18.4 Å². The van der Waals surface area contributed by atoms with Gasteiger partial charge < -0.3 is 10.4 Å². The summed E-state index contributed by atoms with van der Waals surface area (Å²) in [6.07, 6.45) is 0.730. The molecule has 9 nitrogen and oxygen atoms in total. The number of carboxylic acid groups (broad SMARTS) is 1. The van der Waals surface area contributed by atoms with Gasteiger partial charge in [-0.1, -0.05) is 30.3 Å². The Labute approximate surface area is 214 Å². The predicted molar refractivity (Wildman–Crippen MR) is 134 cm³/mol. The third-order valence-corrected chi connectivity index (χ3v) is 8.41. The molecule has 0 unspecified atom stereocenters. The van der Waals surface area contributed by atoms with Gasteiger partial charge in [0.1, 0.15) is 0 Å². The topological polar surface area (TPSA) is 151 Å². The van der Waals surface area contributed by atoms with E-state index in [1.165, 1.54) is 40.7 Å². The van der Waals surface area contributed by atoms with E-state index in [1.807, 2.05) is 36.4 Å². The third kappa shape index (κ3) is 5.07. The van der Waals surface area contributed by atoms with Crippen LogP contribution < -0.4 is 5.32 Å². The number of piperidine rings is 1. The molecule has 3 aromatic carbocycles. The Balaban J connectivity index is 1.48. The first-order valence-electron chi connectivity index (χ1n) is 11.4. The molecule has 1 heterocycles. The van der Waals surface area contributed by atoms with Crippen molar-refractivity contribution in [2.45, 2.75) is 23.2 Å². The predicted octanol–water partition coefficient (Wildman–Crippen LogP) is 3.75. The number of benzene rings is 3. The minimum Gasteiger partial charge on any atom is -0.478 e. The fourth-order valence-electron chi connectivity index (χ4n) is 4.35. The molecule has 0 saturated carbocycles. The summed E-state index contributed by atoms with van der Waals surface area (Å²) in [5.74, 6) is -1.93. The number of rotatable bonds is 6. The van der Waals surface area contributed by atoms with Crippen molar-refractivity contribution in [1.82, 2.24) is 4.31 Å². The number of nitriles is 2. The van der Waals surface area contributed by atoms with Crippen LogP contribution in [0.5, 0.6) is 0 Å². The first-order valence-corrected chi connectivity index (χ1v) is 12.8. The number of amides is 1. The molecule has 1 aliphatic heterocycles. The van der Waals surface area contributed by atoms with Gasteiger partial charge in [0.25, 0.3) is 5.91 Å². The van der Waals surface area contributed by atoms with Crippen molar-refractivity contribution in [3.63, 3.8) is 0 Å². The quantitative estimate of drug-likeness (QED) is 0.508. The highest BCUT2D eigenvalue weighted by atomic mass is 32.2. The lowest BCUT2D eigenvalue weighted by atomic mass is 9.74. The third-order valence-electron chi connectivity index (χ3n) is 6.50. The highest BCUT2D eigenvalue weighted by Crippen LogP contribution is 2.36. The van der Waals surface area contributed by atoms with Crippen LogP contribution in [0.4, 0.5) is 5.69 Å². The van der Waals surface area contributed by atoms with Gasteiger partial charge in [0.2, 0.25) is 10.0 Å². The molecular weight excluding hydrogens is 492 g/mol. The van der Waals surface area contributed by atoms with Crippen LogP contribution in [0.1, 0.15) is 44.7 Å². The van der Waals surface area contributed by atoms with Crippen molar-refractivity contribution >= 4 is 27.6 Å². The van der Waals surface area contributed by atoms with E-state index >= 15 is 0 Å². The van der Waals surface area contributed by atoms with Crippen LogP contribution in [0.3, 0.4) is 0 Å². The number of carbonyl (C=O) groups is 2. The van der Waals surface area contributed by atoms with E-state index in [0.717, 1.165) is 11.6 Å². The summed E-state index contributed by atoms with van der Waals surface area (Å²) >= 11 is 0. The number of nitrogens with zero attached hydrogens (tertiary/aromatic N) is 3. The molecular formula is C27H22N4O5S. The van der Waals surface area contributed by atoms with Gasteiger partial charge in [-0.15, -0.1) is 0 Å². The molecule has 2 N–H and O–H groups in total. The smallest absolute Gasteiger partial charge is 0.337 e. The summed E-state index contributed by atoms with van der Waals surface area (Å²) in [6, 6.07) is 22.8. The molecule has 1 fully saturated rings. The van der Waals surface area contributed by atoms with Gasteiger partial charge >= 0.3 is 5.97 Å². The maximum absolute atomic E-state index is 13.2. The molecule has 0 spiro atoms. The second-order valence-corrected chi connectivity index (χ2v) is 10.6. The van der Waals surface area contributed by atoms with Gasteiger partial charge in [-0.3, -0.25) is 4.79 Å². The standard InChI is InChI=1S/C27H22N4O5S/c28-17-19-6-11-24(23(16-19)26(33)34)30-25(32)20-7-9-22(10-8-20)37(35,36)31-14-12-27(18-29,13-15-31)21-4-2-1-3-5-21/h1-11,16H,12-15H2,(H,30,32)(H,33,34). The van der Waals surface area contributed by atoms with Crippen LogP contribution in [0.15, 0.2) is 77.7 Å². The summed E-state index contributed by atoms with van der Waals surface area (Å²) in [5.41, 5.74) is 0.180. The summed E-state index contributed by atoms with van der Waals surface area (Å²) in [6.45, 7) is 0.368. The minimum atomic E-state index is -3.85. The summed E-state index contributed by atoms with van der Waals surface area (Å²) in [7, 11) is -3.85. The number of hydrogen-bond donors (Lipinski definition) is 2. The van der Waals surface area contributed by atoms with Gasteiger partial charge in [0.05, 0.1) is 39.3 Å². The van der Waals surface area contributed by atoms with Crippen LogP contribution in [-0.4, -0.2) is 42.8 Å². The lowest BCUT2D eigenvalue weighted by molar-refractivity contribution is 0.0698. The van der Waals surface area contributed by atoms with Gasteiger partial charge in [-0.2, -0.15) is 14.8 Å². The van der Waals surface area contributed by atoms with Crippen molar-refractivity contribution in [3.8, 4) is 12.1 Å². The van der Waals surface area contributed by atoms with E-state index in [-0.39, 0.29) is 40.4 Å². The van der Waals surface area contributed by atoms with Crippen molar-refractivity contribution in [1.29, 1.82) is 10.5 Å². The number of carboxylic acids is 1. The second-order valence-electron chi connectivity index (χ2n) is 8.62. The average Bonchev–Trinajstić information content (AvgIpc) is 2.93. The number of carbonyl (C=O) groups excluding carboxylic acids is 1. The minimum absolute atomic E-state index is 0.0119. The van der Waals surface area contributed by atoms with Crippen LogP contribution >= 0.6 is 0 Å². The first-order chi connectivity index (χ1) is 17.7. The number of hydrogen-bond acceptors (Lipinski definition) is 6. The Bertz CT molecular complexity index is 1530. The lowest BCUT2D eigenvalue weighted by Crippen LogP contribution is -2.44. The molecule has 186 valence electrons. The zero-order valence-corrected chi connectivity index (χ0v) is 20.4. The molecule has 1 amide bonds. The number of sulfonamides is 1. The molecule has 0 atom stereocenters. The van der Waals surface area contributed by atoms with Crippen molar-refractivity contribution in [3.05, 3.63) is 95.1 Å². The molecule has 1 saturated heterocycles. The Morgan fingerprint density at radius 1 is 0.946 bits per heavy atom. The first kappa shape index (κ1) is 25.6. The summed E-state index contributed by atoms with van der Waals surface area (Å²) < 4.78 is 27.8. The fraction of sp³-hybridized carbons (Fsp3) is 0.185. The van der Waals surface area contributed by atoms with E-state index in [4.69, 9.17) is 5.26 Å². The maximum Gasteiger partial charge on any atom is 0.337 e. The Hall–Kier alpha value is -4.51. The number of nitrogens with one attached hydrogen (secondary N) is 1. The summed E-state index contributed by atoms with van der Waals surface area (Å²) in [5, 5.41) is 30.7. The van der Waals surface area contributed by atoms with Crippen molar-refractivity contribution in [2.24, 2.45) is 0 Å². The normalized spacial score (nSPS) is 15.2. The largest absolute Gasteiger partial charge is 0.478 e. The molecule has 10 heteroatoms. The Morgan fingerprint density at radius 3 is 2.16 bits per heavy atom.